The average Bonchev–Trinajstić information content (AvgIpc) is 2.54. The summed E-state index contributed by atoms with van der Waals surface area (Å²) in [6.07, 6.45) is 1.09. The zero-order valence-electron chi connectivity index (χ0n) is 13.4. The van der Waals surface area contributed by atoms with Gasteiger partial charge in [-0.2, -0.15) is 4.98 Å². The largest absolute Gasteiger partial charge is 0.475 e. The number of hydrogen-bond acceptors (Lipinski definition) is 5. The third kappa shape index (κ3) is 3.41. The van der Waals surface area contributed by atoms with Crippen LogP contribution >= 0.6 is 11.6 Å². The zero-order valence-corrected chi connectivity index (χ0v) is 14.1. The van der Waals surface area contributed by atoms with Crippen LogP contribution < -0.4 is 4.74 Å². The molecule has 1 amide bonds. The molecule has 7 nitrogen and oxygen atoms in total. The second-order valence-electron chi connectivity index (χ2n) is 5.77. The molecule has 1 N–H and O–H groups in total. The third-order valence-corrected chi connectivity index (χ3v) is 3.85. The zero-order chi connectivity index (χ0) is 17.3. The Bertz CT molecular complexity index is 765. The van der Waals surface area contributed by atoms with Crippen molar-refractivity contribution in [3.8, 4) is 17.3 Å². The van der Waals surface area contributed by atoms with Crippen LogP contribution in [0.25, 0.3) is 11.4 Å². The first-order valence-electron chi connectivity index (χ1n) is 7.60. The van der Waals surface area contributed by atoms with E-state index in [1.807, 2.05) is 13.8 Å². The first kappa shape index (κ1) is 16.4. The van der Waals surface area contributed by atoms with Gasteiger partial charge in [0.2, 0.25) is 5.88 Å². The van der Waals surface area contributed by atoms with Crippen LogP contribution in [0.15, 0.2) is 18.3 Å². The van der Waals surface area contributed by atoms with Gasteiger partial charge in [-0.1, -0.05) is 11.6 Å². The lowest BCUT2D eigenvalue weighted by Crippen LogP contribution is -2.36. The highest BCUT2D eigenvalue weighted by Gasteiger charge is 2.26. The van der Waals surface area contributed by atoms with Gasteiger partial charge in [-0.25, -0.2) is 14.8 Å². The molecule has 24 heavy (non-hydrogen) atoms. The lowest BCUT2D eigenvalue weighted by molar-refractivity contribution is 0.137. The minimum atomic E-state index is -0.956. The summed E-state index contributed by atoms with van der Waals surface area (Å²) in [6, 6.07) is 3.47. The van der Waals surface area contributed by atoms with E-state index < -0.39 is 6.09 Å². The molecule has 2 aromatic heterocycles. The molecule has 1 aliphatic heterocycles. The number of carboxylic acid groups (broad SMARTS) is 1. The molecule has 0 fully saturated rings. The Hall–Kier alpha value is -2.41. The van der Waals surface area contributed by atoms with Crippen LogP contribution in [-0.4, -0.2) is 43.7 Å². The van der Waals surface area contributed by atoms with Gasteiger partial charge in [0.1, 0.15) is 5.15 Å². The number of nitrogens with zero attached hydrogens (tertiary/aromatic N) is 4. The molecule has 8 heteroatoms. The fourth-order valence-corrected chi connectivity index (χ4v) is 2.62. The van der Waals surface area contributed by atoms with Gasteiger partial charge < -0.3 is 14.7 Å². The topological polar surface area (TPSA) is 88.4 Å². The van der Waals surface area contributed by atoms with Crippen molar-refractivity contribution in [3.05, 3.63) is 34.7 Å². The molecule has 0 aromatic carbocycles. The predicted octanol–water partition coefficient (Wildman–Crippen LogP) is 3.02. The van der Waals surface area contributed by atoms with Crippen molar-refractivity contribution in [1.29, 1.82) is 0 Å². The third-order valence-electron chi connectivity index (χ3n) is 3.63. The summed E-state index contributed by atoms with van der Waals surface area (Å²) >= 11 is 5.82. The highest BCUT2D eigenvalue weighted by molar-refractivity contribution is 6.29. The number of rotatable bonds is 3. The molecule has 0 unspecified atom stereocenters. The highest BCUT2D eigenvalue weighted by Crippen LogP contribution is 2.29. The summed E-state index contributed by atoms with van der Waals surface area (Å²) in [5.41, 5.74) is 2.27. The molecule has 0 atom stereocenters. The van der Waals surface area contributed by atoms with E-state index in [4.69, 9.17) is 16.3 Å². The second kappa shape index (κ2) is 6.60. The summed E-state index contributed by atoms with van der Waals surface area (Å²) in [5, 5.41) is 9.61. The minimum absolute atomic E-state index is 0.0830. The number of carbonyl (C=O) groups is 1. The van der Waals surface area contributed by atoms with Crippen LogP contribution in [0.2, 0.25) is 5.15 Å². The molecule has 0 radical (unpaired) electrons. The van der Waals surface area contributed by atoms with Gasteiger partial charge in [0.15, 0.2) is 5.82 Å². The van der Waals surface area contributed by atoms with Gasteiger partial charge >= 0.3 is 6.09 Å². The molecule has 2 aromatic rings. The Morgan fingerprint density at radius 3 is 2.79 bits per heavy atom. The Kier molecular flexibility index (Phi) is 4.53. The van der Waals surface area contributed by atoms with Crippen molar-refractivity contribution in [1.82, 2.24) is 19.9 Å². The average molecular weight is 349 g/mol. The number of aromatic nitrogens is 3. The molecule has 0 aliphatic carbocycles. The fraction of sp³-hybridized carbons (Fsp3) is 0.375. The van der Waals surface area contributed by atoms with Gasteiger partial charge in [0, 0.05) is 24.7 Å². The van der Waals surface area contributed by atoms with Crippen LogP contribution in [0.4, 0.5) is 4.79 Å². The summed E-state index contributed by atoms with van der Waals surface area (Å²) < 4.78 is 5.81. The van der Waals surface area contributed by atoms with E-state index in [-0.39, 0.29) is 12.6 Å². The lowest BCUT2D eigenvalue weighted by Gasteiger charge is -2.27. The van der Waals surface area contributed by atoms with E-state index >= 15 is 0 Å². The maximum Gasteiger partial charge on any atom is 0.407 e. The molecule has 0 saturated heterocycles. The van der Waals surface area contributed by atoms with Crippen LogP contribution in [0.3, 0.4) is 0 Å². The maximum absolute atomic E-state index is 11.2. The Balaban J connectivity index is 2.05. The molecule has 3 heterocycles. The predicted molar refractivity (Wildman–Crippen MR) is 88.2 cm³/mol. The van der Waals surface area contributed by atoms with Crippen LogP contribution in [0.5, 0.6) is 5.88 Å². The van der Waals surface area contributed by atoms with Gasteiger partial charge in [-0.05, 0) is 26.0 Å². The molecule has 0 saturated carbocycles. The Morgan fingerprint density at radius 2 is 2.17 bits per heavy atom. The summed E-state index contributed by atoms with van der Waals surface area (Å²) in [5.74, 6) is 0.920. The van der Waals surface area contributed by atoms with E-state index in [0.717, 1.165) is 16.8 Å². The van der Waals surface area contributed by atoms with E-state index in [2.05, 4.69) is 15.0 Å². The van der Waals surface area contributed by atoms with Gasteiger partial charge in [0.25, 0.3) is 0 Å². The first-order chi connectivity index (χ1) is 11.4. The fourth-order valence-electron chi connectivity index (χ4n) is 2.51. The smallest absolute Gasteiger partial charge is 0.407 e. The molecule has 3 rings (SSSR count). The second-order valence-corrected chi connectivity index (χ2v) is 6.16. The summed E-state index contributed by atoms with van der Waals surface area (Å²) in [4.78, 5) is 25.7. The van der Waals surface area contributed by atoms with Crippen LogP contribution in [-0.2, 0) is 13.0 Å². The molecule has 0 bridgehead atoms. The summed E-state index contributed by atoms with van der Waals surface area (Å²) in [7, 11) is 0. The van der Waals surface area contributed by atoms with Crippen molar-refractivity contribution < 1.29 is 14.6 Å². The van der Waals surface area contributed by atoms with Crippen molar-refractivity contribution in [2.75, 3.05) is 6.54 Å². The van der Waals surface area contributed by atoms with E-state index in [9.17, 15) is 9.90 Å². The molecule has 1 aliphatic rings. The van der Waals surface area contributed by atoms with Crippen molar-refractivity contribution in [2.45, 2.75) is 32.9 Å². The number of hydrogen-bond donors (Lipinski definition) is 1. The quantitative estimate of drug-likeness (QED) is 0.858. The molecule has 0 spiro atoms. The van der Waals surface area contributed by atoms with Gasteiger partial charge in [0.05, 0.1) is 23.9 Å². The van der Waals surface area contributed by atoms with Gasteiger partial charge in [-0.15, -0.1) is 0 Å². The van der Waals surface area contributed by atoms with Crippen LogP contribution in [0.1, 0.15) is 25.1 Å². The lowest BCUT2D eigenvalue weighted by atomic mass is 10.1. The van der Waals surface area contributed by atoms with E-state index in [1.54, 1.807) is 18.3 Å². The minimum Gasteiger partial charge on any atom is -0.475 e. The first-order valence-corrected chi connectivity index (χ1v) is 7.98. The standard InChI is InChI=1S/C16H17ClN4O3/c1-9(2)24-15-11-8-21(16(22)23)6-5-12(11)19-14(20-15)10-3-4-13(17)18-7-10/h3-4,7,9H,5-6,8H2,1-2H3,(H,22,23). The van der Waals surface area contributed by atoms with E-state index in [1.165, 1.54) is 4.90 Å². The van der Waals surface area contributed by atoms with E-state index in [0.29, 0.717) is 29.8 Å². The monoisotopic (exact) mass is 348 g/mol. The number of fused-ring (bicyclic) bond motifs is 1. The van der Waals surface area contributed by atoms with Gasteiger partial charge in [-0.3, -0.25) is 0 Å². The van der Waals surface area contributed by atoms with Crippen molar-refractivity contribution in [2.24, 2.45) is 0 Å². The normalized spacial score (nSPS) is 13.8. The molecule has 126 valence electrons. The SMILES string of the molecule is CC(C)Oc1nc(-c2ccc(Cl)nc2)nc2c1CN(C(=O)O)CC2. The number of halogens is 1. The number of pyridine rings is 1. The summed E-state index contributed by atoms with van der Waals surface area (Å²) in [6.45, 7) is 4.43. The van der Waals surface area contributed by atoms with Crippen molar-refractivity contribution >= 4 is 17.7 Å². The number of amides is 1. The Morgan fingerprint density at radius 1 is 1.38 bits per heavy atom. The Labute approximate surface area is 144 Å². The maximum atomic E-state index is 11.2. The van der Waals surface area contributed by atoms with Crippen LogP contribution in [0, 0.1) is 0 Å². The van der Waals surface area contributed by atoms with Crippen molar-refractivity contribution in [3.63, 3.8) is 0 Å². The number of ether oxygens (including phenoxy) is 1. The molecular formula is C16H17ClN4O3. The molecular weight excluding hydrogens is 332 g/mol. The highest BCUT2D eigenvalue weighted by atomic mass is 35.5.